The summed E-state index contributed by atoms with van der Waals surface area (Å²) in [5.74, 6) is 0.247. The molecule has 0 aliphatic carbocycles. The van der Waals surface area contributed by atoms with Crippen molar-refractivity contribution in [1.29, 1.82) is 0 Å². The van der Waals surface area contributed by atoms with Crippen LogP contribution in [-0.2, 0) is 14.8 Å². The molecule has 7 heteroatoms. The molecule has 1 amide bonds. The number of ether oxygens (including phenoxy) is 1. The van der Waals surface area contributed by atoms with Crippen LogP contribution in [0.5, 0.6) is 5.75 Å². The van der Waals surface area contributed by atoms with Gasteiger partial charge in [0, 0.05) is 13.0 Å². The van der Waals surface area contributed by atoms with Crippen molar-refractivity contribution in [1.82, 2.24) is 4.72 Å². The summed E-state index contributed by atoms with van der Waals surface area (Å²) in [6, 6.07) is 13.5. The summed E-state index contributed by atoms with van der Waals surface area (Å²) in [5, 5.41) is 2.70. The highest BCUT2D eigenvalue weighted by Crippen LogP contribution is 2.22. The van der Waals surface area contributed by atoms with Gasteiger partial charge in [0.2, 0.25) is 15.9 Å². The average Bonchev–Trinajstić information content (AvgIpc) is 2.55. The van der Waals surface area contributed by atoms with Crippen LogP contribution in [0.3, 0.4) is 0 Å². The second-order valence-electron chi connectivity index (χ2n) is 5.21. The fourth-order valence-electron chi connectivity index (χ4n) is 2.06. The van der Waals surface area contributed by atoms with E-state index in [1.807, 2.05) is 6.92 Å². The molecule has 0 radical (unpaired) electrons. The van der Waals surface area contributed by atoms with Crippen LogP contribution in [0.15, 0.2) is 53.4 Å². The van der Waals surface area contributed by atoms with Gasteiger partial charge in [0.05, 0.1) is 17.7 Å². The Morgan fingerprint density at radius 3 is 2.42 bits per heavy atom. The molecule has 2 aromatic rings. The summed E-state index contributed by atoms with van der Waals surface area (Å²) in [5.41, 5.74) is 1.52. The third-order valence-corrected chi connectivity index (χ3v) is 4.83. The fourth-order valence-corrected chi connectivity index (χ4v) is 3.09. The number of nitrogens with one attached hydrogen (secondary N) is 2. The van der Waals surface area contributed by atoms with E-state index >= 15 is 0 Å². The molecule has 2 aromatic carbocycles. The van der Waals surface area contributed by atoms with Crippen LogP contribution in [0.4, 0.5) is 5.69 Å². The molecule has 2 rings (SSSR count). The molecule has 0 spiro atoms. The zero-order valence-corrected chi connectivity index (χ0v) is 14.4. The molecular weight excluding hydrogens is 328 g/mol. The van der Waals surface area contributed by atoms with Crippen LogP contribution in [0.1, 0.15) is 12.0 Å². The maximum Gasteiger partial charge on any atom is 0.240 e. The molecule has 0 saturated heterocycles. The van der Waals surface area contributed by atoms with Crippen molar-refractivity contribution in [3.05, 3.63) is 54.1 Å². The lowest BCUT2D eigenvalue weighted by Crippen LogP contribution is -2.27. The molecular formula is C17H20N2O4S. The number of amides is 1. The van der Waals surface area contributed by atoms with Crippen molar-refractivity contribution in [2.45, 2.75) is 18.2 Å². The van der Waals surface area contributed by atoms with Gasteiger partial charge in [0.1, 0.15) is 5.75 Å². The van der Waals surface area contributed by atoms with Crippen molar-refractivity contribution >= 4 is 21.6 Å². The van der Waals surface area contributed by atoms with Crippen LogP contribution >= 0.6 is 0 Å². The fraction of sp³-hybridized carbons (Fsp3) is 0.235. The molecule has 0 saturated carbocycles. The van der Waals surface area contributed by atoms with E-state index in [1.165, 1.54) is 19.2 Å². The van der Waals surface area contributed by atoms with E-state index in [0.29, 0.717) is 11.4 Å². The first kappa shape index (κ1) is 18.0. The van der Waals surface area contributed by atoms with Gasteiger partial charge in [-0.1, -0.05) is 29.8 Å². The van der Waals surface area contributed by atoms with Gasteiger partial charge in [-0.25, -0.2) is 13.1 Å². The summed E-state index contributed by atoms with van der Waals surface area (Å²) in [6.07, 6.45) is 0.0170. The van der Waals surface area contributed by atoms with Gasteiger partial charge in [-0.2, -0.15) is 0 Å². The van der Waals surface area contributed by atoms with Crippen LogP contribution in [0, 0.1) is 6.92 Å². The molecule has 128 valence electrons. The first-order valence-electron chi connectivity index (χ1n) is 7.41. The zero-order chi connectivity index (χ0) is 17.6. The topological polar surface area (TPSA) is 84.5 Å². The molecule has 0 unspecified atom stereocenters. The molecule has 24 heavy (non-hydrogen) atoms. The van der Waals surface area contributed by atoms with E-state index in [1.54, 1.807) is 36.4 Å². The first-order valence-corrected chi connectivity index (χ1v) is 8.90. The highest BCUT2D eigenvalue weighted by molar-refractivity contribution is 7.89. The second kappa shape index (κ2) is 7.94. The Bertz CT molecular complexity index is 802. The quantitative estimate of drug-likeness (QED) is 0.804. The minimum Gasteiger partial charge on any atom is -0.495 e. The van der Waals surface area contributed by atoms with E-state index < -0.39 is 10.0 Å². The van der Waals surface area contributed by atoms with Gasteiger partial charge >= 0.3 is 0 Å². The smallest absolute Gasteiger partial charge is 0.240 e. The molecule has 0 fully saturated rings. The number of carbonyl (C=O) groups is 1. The van der Waals surface area contributed by atoms with E-state index in [0.717, 1.165) is 5.56 Å². The van der Waals surface area contributed by atoms with Crippen molar-refractivity contribution in [2.75, 3.05) is 19.0 Å². The van der Waals surface area contributed by atoms with Gasteiger partial charge in [-0.05, 0) is 31.2 Å². The molecule has 0 atom stereocenters. The minimum absolute atomic E-state index is 0.0111. The van der Waals surface area contributed by atoms with Crippen molar-refractivity contribution in [2.24, 2.45) is 0 Å². The number of hydrogen-bond donors (Lipinski definition) is 2. The number of methoxy groups -OCH3 is 1. The third kappa shape index (κ3) is 4.81. The van der Waals surface area contributed by atoms with Crippen molar-refractivity contribution in [3.8, 4) is 5.75 Å². The largest absolute Gasteiger partial charge is 0.495 e. The molecule has 6 nitrogen and oxygen atoms in total. The molecule has 0 heterocycles. The maximum atomic E-state index is 12.1. The van der Waals surface area contributed by atoms with Gasteiger partial charge in [-0.3, -0.25) is 4.79 Å². The zero-order valence-electron chi connectivity index (χ0n) is 13.6. The van der Waals surface area contributed by atoms with Gasteiger partial charge < -0.3 is 10.1 Å². The molecule has 2 N–H and O–H groups in total. The number of aryl methyl sites for hydroxylation is 1. The van der Waals surface area contributed by atoms with Gasteiger partial charge in [-0.15, -0.1) is 0 Å². The third-order valence-electron chi connectivity index (χ3n) is 3.36. The summed E-state index contributed by atoms with van der Waals surface area (Å²) in [7, 11) is -2.10. The molecule has 0 bridgehead atoms. The number of rotatable bonds is 7. The van der Waals surface area contributed by atoms with Crippen molar-refractivity contribution in [3.63, 3.8) is 0 Å². The number of hydrogen-bond acceptors (Lipinski definition) is 4. The van der Waals surface area contributed by atoms with Crippen LogP contribution < -0.4 is 14.8 Å². The lowest BCUT2D eigenvalue weighted by Gasteiger charge is -2.10. The maximum absolute atomic E-state index is 12.1. The van der Waals surface area contributed by atoms with Crippen LogP contribution in [-0.4, -0.2) is 28.0 Å². The van der Waals surface area contributed by atoms with E-state index in [2.05, 4.69) is 10.0 Å². The number of para-hydroxylation sites is 2. The highest BCUT2D eigenvalue weighted by Gasteiger charge is 2.14. The number of anilines is 1. The molecule has 0 aliphatic rings. The lowest BCUT2D eigenvalue weighted by molar-refractivity contribution is -0.116. The first-order chi connectivity index (χ1) is 11.4. The molecule has 0 aliphatic heterocycles. The second-order valence-corrected chi connectivity index (χ2v) is 6.98. The summed E-state index contributed by atoms with van der Waals surface area (Å²) < 4.78 is 31.8. The summed E-state index contributed by atoms with van der Waals surface area (Å²) in [6.45, 7) is 1.89. The van der Waals surface area contributed by atoms with E-state index in [-0.39, 0.29) is 23.8 Å². The van der Waals surface area contributed by atoms with Crippen LogP contribution in [0.25, 0.3) is 0 Å². The minimum atomic E-state index is -3.61. The Labute approximate surface area is 141 Å². The Morgan fingerprint density at radius 1 is 1.08 bits per heavy atom. The number of sulfonamides is 1. The number of benzene rings is 2. The molecule has 0 aromatic heterocycles. The van der Waals surface area contributed by atoms with E-state index in [9.17, 15) is 13.2 Å². The Hall–Kier alpha value is -2.38. The van der Waals surface area contributed by atoms with Gasteiger partial charge in [0.25, 0.3) is 0 Å². The standard InChI is InChI=1S/C17H20N2O4S/c1-13-7-9-14(10-8-13)24(21,22)18-12-11-17(20)19-15-5-3-4-6-16(15)23-2/h3-10,18H,11-12H2,1-2H3,(H,19,20). The van der Waals surface area contributed by atoms with Crippen molar-refractivity contribution < 1.29 is 17.9 Å². The summed E-state index contributed by atoms with van der Waals surface area (Å²) in [4.78, 5) is 12.1. The summed E-state index contributed by atoms with van der Waals surface area (Å²) >= 11 is 0. The Morgan fingerprint density at radius 2 is 1.75 bits per heavy atom. The SMILES string of the molecule is COc1ccccc1NC(=O)CCNS(=O)(=O)c1ccc(C)cc1. The predicted molar refractivity (Wildman–Crippen MR) is 92.6 cm³/mol. The Kier molecular flexibility index (Phi) is 5.94. The Balaban J connectivity index is 1.89. The van der Waals surface area contributed by atoms with Crippen LogP contribution in [0.2, 0.25) is 0 Å². The normalized spacial score (nSPS) is 11.1. The lowest BCUT2D eigenvalue weighted by atomic mass is 10.2. The number of carbonyl (C=O) groups excluding carboxylic acids is 1. The van der Waals surface area contributed by atoms with Gasteiger partial charge in [0.15, 0.2) is 0 Å². The average molecular weight is 348 g/mol. The van der Waals surface area contributed by atoms with E-state index in [4.69, 9.17) is 4.74 Å². The monoisotopic (exact) mass is 348 g/mol. The highest BCUT2D eigenvalue weighted by atomic mass is 32.2. The predicted octanol–water partition coefficient (Wildman–Crippen LogP) is 2.31.